The first-order valence-electron chi connectivity index (χ1n) is 4.99. The van der Waals surface area contributed by atoms with Crippen molar-refractivity contribution in [2.45, 2.75) is 0 Å². The number of rotatable bonds is 3. The molecule has 3 nitrogen and oxygen atoms in total. The van der Waals surface area contributed by atoms with E-state index in [2.05, 4.69) is 10.5 Å². The molecule has 92 valence electrons. The first-order chi connectivity index (χ1) is 8.65. The van der Waals surface area contributed by atoms with E-state index in [0.717, 1.165) is 11.3 Å². The third-order valence-electron chi connectivity index (χ3n) is 2.06. The normalized spacial score (nSPS) is 10.8. The Balaban J connectivity index is 1.96. The van der Waals surface area contributed by atoms with E-state index in [1.165, 1.54) is 36.5 Å². The Bertz CT molecular complexity index is 578. The first-order valence-corrected chi connectivity index (χ1v) is 5.81. The van der Waals surface area contributed by atoms with Crippen molar-refractivity contribution in [1.29, 1.82) is 0 Å². The lowest BCUT2D eigenvalue weighted by atomic mass is 10.2. The molecule has 0 saturated carbocycles. The van der Waals surface area contributed by atoms with Gasteiger partial charge >= 0.3 is 0 Å². The molecule has 0 atom stereocenters. The van der Waals surface area contributed by atoms with Gasteiger partial charge in [0.1, 0.15) is 5.82 Å². The Kier molecular flexibility index (Phi) is 3.78. The van der Waals surface area contributed by atoms with Gasteiger partial charge in [-0.1, -0.05) is 0 Å². The molecule has 0 bridgehead atoms. The van der Waals surface area contributed by atoms with Gasteiger partial charge in [-0.3, -0.25) is 4.79 Å². The number of amides is 1. The minimum atomic E-state index is -0.455. The van der Waals surface area contributed by atoms with E-state index in [1.54, 1.807) is 6.07 Å². The predicted molar refractivity (Wildman–Crippen MR) is 65.7 cm³/mol. The highest BCUT2D eigenvalue weighted by atomic mass is 32.1. The molecule has 18 heavy (non-hydrogen) atoms. The lowest BCUT2D eigenvalue weighted by Crippen LogP contribution is -2.17. The molecule has 0 aliphatic carbocycles. The predicted octanol–water partition coefficient (Wildman–Crippen LogP) is 2.79. The van der Waals surface area contributed by atoms with Crippen LogP contribution in [0.4, 0.5) is 8.78 Å². The van der Waals surface area contributed by atoms with Crippen LogP contribution in [0.25, 0.3) is 0 Å². The zero-order valence-corrected chi connectivity index (χ0v) is 9.88. The number of halogens is 2. The topological polar surface area (TPSA) is 41.5 Å². The van der Waals surface area contributed by atoms with Crippen molar-refractivity contribution in [1.82, 2.24) is 5.43 Å². The minimum Gasteiger partial charge on any atom is -0.267 e. The van der Waals surface area contributed by atoms with Gasteiger partial charge in [0.15, 0.2) is 5.13 Å². The van der Waals surface area contributed by atoms with Gasteiger partial charge in [-0.25, -0.2) is 9.82 Å². The summed E-state index contributed by atoms with van der Waals surface area (Å²) in [5.41, 5.74) is 2.57. The molecule has 1 heterocycles. The molecule has 1 aromatic carbocycles. The monoisotopic (exact) mass is 266 g/mol. The van der Waals surface area contributed by atoms with E-state index in [9.17, 15) is 13.6 Å². The van der Waals surface area contributed by atoms with Crippen molar-refractivity contribution >= 4 is 23.5 Å². The summed E-state index contributed by atoms with van der Waals surface area (Å²) in [5, 5.41) is 3.36. The first kappa shape index (κ1) is 12.4. The molecule has 0 aliphatic heterocycles. The van der Waals surface area contributed by atoms with Gasteiger partial charge in [0.05, 0.1) is 11.1 Å². The van der Waals surface area contributed by atoms with Crippen molar-refractivity contribution in [3.05, 3.63) is 57.8 Å². The number of benzene rings is 1. The number of hydrazone groups is 1. The fourth-order valence-electron chi connectivity index (χ4n) is 1.22. The number of nitrogens with zero attached hydrogens (tertiary/aromatic N) is 1. The van der Waals surface area contributed by atoms with Gasteiger partial charge in [-0.05, 0) is 36.4 Å². The van der Waals surface area contributed by atoms with Crippen molar-refractivity contribution in [3.8, 4) is 0 Å². The molecule has 1 N–H and O–H groups in total. The third kappa shape index (κ3) is 3.21. The van der Waals surface area contributed by atoms with Crippen LogP contribution in [0.3, 0.4) is 0 Å². The number of hydrogen-bond acceptors (Lipinski definition) is 3. The average molecular weight is 266 g/mol. The second-order valence-corrected chi connectivity index (χ2v) is 4.41. The molecule has 6 heteroatoms. The molecule has 2 rings (SSSR count). The maximum atomic E-state index is 12.6. The van der Waals surface area contributed by atoms with Gasteiger partial charge < -0.3 is 0 Å². The molecule has 0 aliphatic rings. The third-order valence-corrected chi connectivity index (χ3v) is 2.87. The summed E-state index contributed by atoms with van der Waals surface area (Å²) in [4.78, 5) is 12.1. The van der Waals surface area contributed by atoms with Crippen LogP contribution in [0.5, 0.6) is 0 Å². The molecular formula is C12H8F2N2OS. The van der Waals surface area contributed by atoms with E-state index < -0.39 is 11.7 Å². The van der Waals surface area contributed by atoms with Gasteiger partial charge in [-0.2, -0.15) is 9.49 Å². The van der Waals surface area contributed by atoms with E-state index in [0.29, 0.717) is 10.4 Å². The number of thiophene rings is 1. The van der Waals surface area contributed by atoms with Crippen LogP contribution in [0.15, 0.2) is 41.5 Å². The maximum absolute atomic E-state index is 12.6. The molecule has 0 saturated heterocycles. The van der Waals surface area contributed by atoms with Crippen LogP contribution < -0.4 is 5.43 Å². The molecule has 0 radical (unpaired) electrons. The SMILES string of the molecule is O=C(N/N=C/c1ccc(F)s1)c1ccc(F)cc1. The summed E-state index contributed by atoms with van der Waals surface area (Å²) < 4.78 is 25.3. The van der Waals surface area contributed by atoms with E-state index >= 15 is 0 Å². The van der Waals surface area contributed by atoms with Crippen molar-refractivity contribution in [3.63, 3.8) is 0 Å². The minimum absolute atomic E-state index is 0.297. The fourth-order valence-corrected chi connectivity index (χ4v) is 1.82. The van der Waals surface area contributed by atoms with Gasteiger partial charge in [-0.15, -0.1) is 11.3 Å². The Morgan fingerprint density at radius 1 is 1.17 bits per heavy atom. The van der Waals surface area contributed by atoms with Crippen molar-refractivity contribution in [2.75, 3.05) is 0 Å². The second kappa shape index (κ2) is 5.50. The lowest BCUT2D eigenvalue weighted by molar-refractivity contribution is 0.0955. The van der Waals surface area contributed by atoms with E-state index in [4.69, 9.17) is 0 Å². The van der Waals surface area contributed by atoms with Gasteiger partial charge in [0.2, 0.25) is 0 Å². The standard InChI is InChI=1S/C12H8F2N2OS/c13-9-3-1-8(2-4-9)12(17)16-15-7-10-5-6-11(14)18-10/h1-7H,(H,16,17)/b15-7+. The van der Waals surface area contributed by atoms with Crippen LogP contribution in [-0.2, 0) is 0 Å². The Labute approximate surface area is 106 Å². The van der Waals surface area contributed by atoms with Crippen LogP contribution in [-0.4, -0.2) is 12.1 Å². The van der Waals surface area contributed by atoms with Crippen LogP contribution in [0.2, 0.25) is 0 Å². The quantitative estimate of drug-likeness (QED) is 0.673. The van der Waals surface area contributed by atoms with Crippen LogP contribution in [0, 0.1) is 10.9 Å². The van der Waals surface area contributed by atoms with Crippen LogP contribution in [0.1, 0.15) is 15.2 Å². The number of hydrogen-bond donors (Lipinski definition) is 1. The van der Waals surface area contributed by atoms with Gasteiger partial charge in [0.25, 0.3) is 5.91 Å². The number of carbonyl (C=O) groups is 1. The molecule has 1 amide bonds. The zero-order valence-electron chi connectivity index (χ0n) is 9.06. The zero-order chi connectivity index (χ0) is 13.0. The highest BCUT2D eigenvalue weighted by molar-refractivity contribution is 7.12. The Morgan fingerprint density at radius 2 is 1.89 bits per heavy atom. The van der Waals surface area contributed by atoms with Crippen molar-refractivity contribution in [2.24, 2.45) is 5.10 Å². The highest BCUT2D eigenvalue weighted by Crippen LogP contribution is 2.11. The Morgan fingerprint density at radius 3 is 2.50 bits per heavy atom. The molecule has 2 aromatic rings. The number of nitrogens with one attached hydrogen (secondary N) is 1. The van der Waals surface area contributed by atoms with Gasteiger partial charge in [0, 0.05) is 5.56 Å². The van der Waals surface area contributed by atoms with Crippen molar-refractivity contribution < 1.29 is 13.6 Å². The molecule has 0 fully saturated rings. The van der Waals surface area contributed by atoms with Crippen LogP contribution >= 0.6 is 11.3 Å². The molecule has 1 aromatic heterocycles. The summed E-state index contributed by atoms with van der Waals surface area (Å²) in [6, 6.07) is 7.94. The molecule has 0 unspecified atom stereocenters. The molecular weight excluding hydrogens is 258 g/mol. The summed E-state index contributed by atoms with van der Waals surface area (Å²) in [5.74, 6) is -0.868. The highest BCUT2D eigenvalue weighted by Gasteiger charge is 2.03. The largest absolute Gasteiger partial charge is 0.271 e. The second-order valence-electron chi connectivity index (χ2n) is 3.35. The number of carbonyl (C=O) groups excluding carboxylic acids is 1. The summed E-state index contributed by atoms with van der Waals surface area (Å²) in [6.07, 6.45) is 1.34. The summed E-state index contributed by atoms with van der Waals surface area (Å²) in [6.45, 7) is 0. The lowest BCUT2D eigenvalue weighted by Gasteiger charge is -1.98. The molecule has 0 spiro atoms. The summed E-state index contributed by atoms with van der Waals surface area (Å²) >= 11 is 0.920. The average Bonchev–Trinajstić information content (AvgIpc) is 2.76. The van der Waals surface area contributed by atoms with E-state index in [-0.39, 0.29) is 5.13 Å². The maximum Gasteiger partial charge on any atom is 0.271 e. The summed E-state index contributed by atoms with van der Waals surface area (Å²) in [7, 11) is 0. The van der Waals surface area contributed by atoms with E-state index in [1.807, 2.05) is 0 Å². The Hall–Kier alpha value is -2.08. The smallest absolute Gasteiger partial charge is 0.267 e. The fraction of sp³-hybridized carbons (Fsp3) is 0.